The van der Waals surface area contributed by atoms with Gasteiger partial charge in [-0.1, -0.05) is 25.1 Å². The molecule has 0 aliphatic rings. The Kier molecular flexibility index (Phi) is 7.11. The van der Waals surface area contributed by atoms with Gasteiger partial charge in [0.1, 0.15) is 5.75 Å². The third-order valence-electron chi connectivity index (χ3n) is 4.54. The molecule has 0 aliphatic heterocycles. The monoisotopic (exact) mass is 371 g/mol. The molecule has 1 N–H and O–H groups in total. The fourth-order valence-electron chi connectivity index (χ4n) is 2.82. The average molecular weight is 371 g/mol. The first-order chi connectivity index (χ1) is 12.9. The van der Waals surface area contributed by atoms with E-state index in [1.54, 1.807) is 14.2 Å². The first-order valence-corrected chi connectivity index (χ1v) is 9.15. The predicted octanol–water partition coefficient (Wildman–Crippen LogP) is 4.36. The summed E-state index contributed by atoms with van der Waals surface area (Å²) >= 11 is 0. The van der Waals surface area contributed by atoms with Crippen LogP contribution in [0.4, 0.5) is 0 Å². The first-order valence-electron chi connectivity index (χ1n) is 9.15. The van der Waals surface area contributed by atoms with E-state index in [1.807, 2.05) is 64.1 Å². The van der Waals surface area contributed by atoms with Crippen LogP contribution in [-0.4, -0.2) is 26.2 Å². The molecule has 0 radical (unpaired) electrons. The molecule has 0 heterocycles. The summed E-state index contributed by atoms with van der Waals surface area (Å²) in [5.41, 5.74) is 3.05. The van der Waals surface area contributed by atoms with Gasteiger partial charge in [0.2, 0.25) is 0 Å². The van der Waals surface area contributed by atoms with Crippen LogP contribution in [0.15, 0.2) is 36.4 Å². The van der Waals surface area contributed by atoms with Crippen LogP contribution in [0.5, 0.6) is 17.2 Å². The van der Waals surface area contributed by atoms with E-state index in [2.05, 4.69) is 5.32 Å². The smallest absolute Gasteiger partial charge is 0.261 e. The molecule has 0 fully saturated rings. The maximum Gasteiger partial charge on any atom is 0.261 e. The highest BCUT2D eigenvalue weighted by molar-refractivity contribution is 5.81. The molecule has 2 aromatic carbocycles. The number of rotatable bonds is 8. The average Bonchev–Trinajstić information content (AvgIpc) is 2.67. The molecule has 5 heteroatoms. The van der Waals surface area contributed by atoms with E-state index in [-0.39, 0.29) is 11.9 Å². The quantitative estimate of drug-likeness (QED) is 0.749. The third-order valence-corrected chi connectivity index (χ3v) is 4.54. The van der Waals surface area contributed by atoms with Gasteiger partial charge in [-0.25, -0.2) is 0 Å². The van der Waals surface area contributed by atoms with Crippen LogP contribution < -0.4 is 19.5 Å². The first kappa shape index (κ1) is 20.6. The number of hydrogen-bond donors (Lipinski definition) is 1. The lowest BCUT2D eigenvalue weighted by atomic mass is 10.1. The van der Waals surface area contributed by atoms with Gasteiger partial charge in [0.05, 0.1) is 20.3 Å². The number of carbonyl (C=O) groups excluding carboxylic acids is 1. The normalized spacial score (nSPS) is 12.8. The molecule has 1 amide bonds. The molecule has 0 saturated heterocycles. The summed E-state index contributed by atoms with van der Waals surface area (Å²) in [6.07, 6.45) is 0.0332. The number of amides is 1. The number of nitrogens with one attached hydrogen (secondary N) is 1. The lowest BCUT2D eigenvalue weighted by molar-refractivity contribution is -0.128. The zero-order valence-corrected chi connectivity index (χ0v) is 17.0. The van der Waals surface area contributed by atoms with Gasteiger partial charge < -0.3 is 19.5 Å². The van der Waals surface area contributed by atoms with E-state index in [0.717, 1.165) is 22.4 Å². The molecule has 0 saturated carbocycles. The fraction of sp³-hybridized carbons (Fsp3) is 0.409. The van der Waals surface area contributed by atoms with Gasteiger partial charge in [-0.3, -0.25) is 4.79 Å². The molecule has 2 aromatic rings. The molecule has 0 unspecified atom stereocenters. The maximum absolute atomic E-state index is 12.7. The lowest BCUT2D eigenvalue weighted by Crippen LogP contribution is -2.39. The Morgan fingerprint density at radius 3 is 2.33 bits per heavy atom. The number of hydrogen-bond acceptors (Lipinski definition) is 4. The molecular formula is C22H29NO4. The highest BCUT2D eigenvalue weighted by Gasteiger charge is 2.22. The van der Waals surface area contributed by atoms with Gasteiger partial charge in [-0.2, -0.15) is 0 Å². The Morgan fingerprint density at radius 1 is 1.00 bits per heavy atom. The molecule has 2 rings (SSSR count). The number of ether oxygens (including phenoxy) is 3. The molecule has 0 aromatic heterocycles. The second-order valence-electron chi connectivity index (χ2n) is 6.63. The minimum absolute atomic E-state index is 0.138. The van der Waals surface area contributed by atoms with Gasteiger partial charge in [-0.15, -0.1) is 0 Å². The summed E-state index contributed by atoms with van der Waals surface area (Å²) in [7, 11) is 3.19. The van der Waals surface area contributed by atoms with Gasteiger partial charge in [0.25, 0.3) is 5.91 Å². The molecule has 146 valence electrons. The van der Waals surface area contributed by atoms with E-state index in [1.165, 1.54) is 0 Å². The summed E-state index contributed by atoms with van der Waals surface area (Å²) in [6.45, 7) is 7.86. The minimum atomic E-state index is -0.548. The number of methoxy groups -OCH3 is 2. The number of benzene rings is 2. The van der Waals surface area contributed by atoms with E-state index in [4.69, 9.17) is 14.2 Å². The Bertz CT molecular complexity index is 788. The molecule has 0 aliphatic carbocycles. The van der Waals surface area contributed by atoms with Crippen molar-refractivity contribution in [3.8, 4) is 17.2 Å². The highest BCUT2D eigenvalue weighted by atomic mass is 16.5. The standard InChI is InChI=1S/C22H29NO4/c1-7-18(27-20-12-14(2)8-9-15(20)3)22(24)23-16(4)17-10-11-19(25-5)21(13-17)26-6/h8-13,16,18H,7H2,1-6H3,(H,23,24)/t16-,18+/m0/s1. The SMILES string of the molecule is CC[C@@H](Oc1cc(C)ccc1C)C(=O)N[C@@H](C)c1ccc(OC)c(OC)c1. The summed E-state index contributed by atoms with van der Waals surface area (Å²) < 4.78 is 16.6. The summed E-state index contributed by atoms with van der Waals surface area (Å²) in [5.74, 6) is 1.90. The van der Waals surface area contributed by atoms with Crippen molar-refractivity contribution >= 4 is 5.91 Å². The second-order valence-corrected chi connectivity index (χ2v) is 6.63. The number of carbonyl (C=O) groups is 1. The number of aryl methyl sites for hydroxylation is 2. The predicted molar refractivity (Wildman–Crippen MR) is 107 cm³/mol. The van der Waals surface area contributed by atoms with E-state index >= 15 is 0 Å². The molecular weight excluding hydrogens is 342 g/mol. The Labute approximate surface area is 161 Å². The van der Waals surface area contributed by atoms with E-state index < -0.39 is 6.10 Å². The van der Waals surface area contributed by atoms with Gasteiger partial charge in [-0.05, 0) is 62.1 Å². The van der Waals surface area contributed by atoms with Crippen LogP contribution in [0, 0.1) is 13.8 Å². The van der Waals surface area contributed by atoms with Crippen LogP contribution >= 0.6 is 0 Å². The van der Waals surface area contributed by atoms with Crippen LogP contribution in [0.2, 0.25) is 0 Å². The summed E-state index contributed by atoms with van der Waals surface area (Å²) in [5, 5.41) is 3.03. The molecule has 0 spiro atoms. The molecule has 5 nitrogen and oxygen atoms in total. The Morgan fingerprint density at radius 2 is 1.70 bits per heavy atom. The van der Waals surface area contributed by atoms with Crippen molar-refractivity contribution < 1.29 is 19.0 Å². The molecule has 2 atom stereocenters. The fourth-order valence-corrected chi connectivity index (χ4v) is 2.82. The zero-order chi connectivity index (χ0) is 20.0. The van der Waals surface area contributed by atoms with E-state index in [0.29, 0.717) is 17.9 Å². The zero-order valence-electron chi connectivity index (χ0n) is 17.0. The summed E-state index contributed by atoms with van der Waals surface area (Å²) in [4.78, 5) is 12.7. The van der Waals surface area contributed by atoms with Gasteiger partial charge >= 0.3 is 0 Å². The Balaban J connectivity index is 2.10. The highest BCUT2D eigenvalue weighted by Crippen LogP contribution is 2.30. The van der Waals surface area contributed by atoms with Crippen molar-refractivity contribution in [1.29, 1.82) is 0 Å². The van der Waals surface area contributed by atoms with Crippen molar-refractivity contribution in [3.63, 3.8) is 0 Å². The third kappa shape index (κ3) is 5.16. The van der Waals surface area contributed by atoms with Crippen molar-refractivity contribution in [3.05, 3.63) is 53.1 Å². The van der Waals surface area contributed by atoms with Gasteiger partial charge in [0, 0.05) is 0 Å². The maximum atomic E-state index is 12.7. The minimum Gasteiger partial charge on any atom is -0.493 e. The lowest BCUT2D eigenvalue weighted by Gasteiger charge is -2.22. The second kappa shape index (κ2) is 9.31. The van der Waals surface area contributed by atoms with Crippen molar-refractivity contribution in [2.45, 2.75) is 46.3 Å². The van der Waals surface area contributed by atoms with Crippen LogP contribution in [0.1, 0.15) is 43.0 Å². The van der Waals surface area contributed by atoms with Crippen LogP contribution in [0.3, 0.4) is 0 Å². The largest absolute Gasteiger partial charge is 0.493 e. The van der Waals surface area contributed by atoms with Crippen molar-refractivity contribution in [2.24, 2.45) is 0 Å². The van der Waals surface area contributed by atoms with Crippen molar-refractivity contribution in [2.75, 3.05) is 14.2 Å². The van der Waals surface area contributed by atoms with Gasteiger partial charge in [0.15, 0.2) is 17.6 Å². The topological polar surface area (TPSA) is 56.8 Å². The Hall–Kier alpha value is -2.69. The van der Waals surface area contributed by atoms with E-state index in [9.17, 15) is 4.79 Å². The van der Waals surface area contributed by atoms with Crippen LogP contribution in [0.25, 0.3) is 0 Å². The molecule has 27 heavy (non-hydrogen) atoms. The van der Waals surface area contributed by atoms with Crippen molar-refractivity contribution in [1.82, 2.24) is 5.32 Å². The molecule has 0 bridgehead atoms. The summed E-state index contributed by atoms with van der Waals surface area (Å²) in [6, 6.07) is 11.4. The van der Waals surface area contributed by atoms with Crippen LogP contribution in [-0.2, 0) is 4.79 Å².